The minimum atomic E-state index is 0.0663. The Kier molecular flexibility index (Phi) is 2.65. The van der Waals surface area contributed by atoms with Gasteiger partial charge in [0.2, 0.25) is 5.88 Å². The predicted molar refractivity (Wildman–Crippen MR) is 98.6 cm³/mol. The molecule has 24 heavy (non-hydrogen) atoms. The van der Waals surface area contributed by atoms with Crippen LogP contribution in [0.1, 0.15) is 11.1 Å². The lowest BCUT2D eigenvalue weighted by atomic mass is 9.97. The van der Waals surface area contributed by atoms with E-state index in [0.29, 0.717) is 0 Å². The Balaban J connectivity index is 1.95. The van der Waals surface area contributed by atoms with E-state index >= 15 is 0 Å². The van der Waals surface area contributed by atoms with E-state index in [1.54, 1.807) is 6.20 Å². The Labute approximate surface area is 138 Å². The minimum absolute atomic E-state index is 0.0663. The molecule has 2 aromatic carbocycles. The van der Waals surface area contributed by atoms with Crippen LogP contribution in [0.5, 0.6) is 5.88 Å². The second-order valence-corrected chi connectivity index (χ2v) is 5.97. The lowest BCUT2D eigenvalue weighted by Gasteiger charge is -2.19. The van der Waals surface area contributed by atoms with Crippen molar-refractivity contribution in [3.8, 4) is 5.88 Å². The van der Waals surface area contributed by atoms with Gasteiger partial charge in [0, 0.05) is 28.4 Å². The fourth-order valence-electron chi connectivity index (χ4n) is 3.45. The Morgan fingerprint density at radius 3 is 2.75 bits per heavy atom. The van der Waals surface area contributed by atoms with Gasteiger partial charge in [-0.1, -0.05) is 42.5 Å². The van der Waals surface area contributed by atoms with Crippen molar-refractivity contribution in [2.24, 2.45) is 0 Å². The summed E-state index contributed by atoms with van der Waals surface area (Å²) in [6, 6.07) is 10.2. The van der Waals surface area contributed by atoms with Crippen LogP contribution in [0.25, 0.3) is 29.0 Å². The SMILES string of the molecule is Oc1nccc2ccc3c(c12)C=c1c(ccc2c1=CC=CC=C2)N3. The van der Waals surface area contributed by atoms with Crippen molar-refractivity contribution in [1.82, 2.24) is 4.98 Å². The number of benzene rings is 2. The van der Waals surface area contributed by atoms with Gasteiger partial charge in [0.15, 0.2) is 0 Å². The van der Waals surface area contributed by atoms with Crippen molar-refractivity contribution < 1.29 is 5.11 Å². The molecule has 2 N–H and O–H groups in total. The van der Waals surface area contributed by atoms with Gasteiger partial charge >= 0.3 is 0 Å². The molecule has 0 bridgehead atoms. The number of rotatable bonds is 0. The largest absolute Gasteiger partial charge is 0.493 e. The monoisotopic (exact) mass is 310 g/mol. The molecule has 0 unspecified atom stereocenters. The number of aromatic hydroxyl groups is 1. The molecule has 0 spiro atoms. The summed E-state index contributed by atoms with van der Waals surface area (Å²) in [6.07, 6.45) is 14.1. The summed E-state index contributed by atoms with van der Waals surface area (Å²) in [5.74, 6) is 0.0663. The molecule has 1 aromatic heterocycles. The van der Waals surface area contributed by atoms with Gasteiger partial charge < -0.3 is 10.4 Å². The molecule has 2 heterocycles. The molecule has 0 atom stereocenters. The summed E-state index contributed by atoms with van der Waals surface area (Å²) in [7, 11) is 0. The van der Waals surface area contributed by atoms with Crippen LogP contribution in [0.15, 0.2) is 54.8 Å². The number of anilines is 2. The molecule has 1 aliphatic heterocycles. The topological polar surface area (TPSA) is 45.2 Å². The van der Waals surface area contributed by atoms with Crippen LogP contribution in [0.4, 0.5) is 11.4 Å². The smallest absolute Gasteiger partial charge is 0.219 e. The van der Waals surface area contributed by atoms with E-state index in [1.807, 2.05) is 36.4 Å². The van der Waals surface area contributed by atoms with Crippen LogP contribution in [0, 0.1) is 0 Å². The highest BCUT2D eigenvalue weighted by Crippen LogP contribution is 2.34. The minimum Gasteiger partial charge on any atom is -0.493 e. The number of nitrogens with one attached hydrogen (secondary N) is 1. The van der Waals surface area contributed by atoms with Gasteiger partial charge in [-0.3, -0.25) is 0 Å². The maximum atomic E-state index is 10.3. The number of fused-ring (bicyclic) bond motifs is 6. The number of hydrogen-bond acceptors (Lipinski definition) is 3. The number of allylic oxidation sites excluding steroid dienone is 3. The van der Waals surface area contributed by atoms with Crippen LogP contribution >= 0.6 is 0 Å². The van der Waals surface area contributed by atoms with E-state index in [-0.39, 0.29) is 5.88 Å². The fraction of sp³-hybridized carbons (Fsp3) is 0. The van der Waals surface area contributed by atoms with Gasteiger partial charge in [-0.25, -0.2) is 4.98 Å². The maximum Gasteiger partial charge on any atom is 0.219 e. The summed E-state index contributed by atoms with van der Waals surface area (Å²) in [4.78, 5) is 4.05. The zero-order chi connectivity index (χ0) is 16.1. The normalized spacial score (nSPS) is 13.8. The standard InChI is InChI=1S/C21H14N2O/c24-21-20-14(10-11-22-21)7-9-19-17(20)12-16-15-5-3-1-2-4-13(15)6-8-18(16)23-19/h1-12,23H,(H,22,24). The highest BCUT2D eigenvalue weighted by molar-refractivity contribution is 6.01. The zero-order valence-corrected chi connectivity index (χ0v) is 12.8. The van der Waals surface area contributed by atoms with Crippen LogP contribution in [0.3, 0.4) is 0 Å². The molecule has 1 aliphatic carbocycles. The molecule has 0 saturated carbocycles. The third-order valence-electron chi connectivity index (χ3n) is 4.59. The summed E-state index contributed by atoms with van der Waals surface area (Å²) in [5, 5.41) is 17.8. The number of pyridine rings is 1. The molecule has 114 valence electrons. The molecule has 0 saturated heterocycles. The zero-order valence-electron chi connectivity index (χ0n) is 12.8. The van der Waals surface area contributed by atoms with Crippen molar-refractivity contribution in [3.63, 3.8) is 0 Å². The third-order valence-corrected chi connectivity index (χ3v) is 4.59. The van der Waals surface area contributed by atoms with Crippen LogP contribution in [0.2, 0.25) is 0 Å². The molecule has 0 amide bonds. The predicted octanol–water partition coefficient (Wildman–Crippen LogP) is 3.19. The lowest BCUT2D eigenvalue weighted by molar-refractivity contribution is 0.460. The van der Waals surface area contributed by atoms with Gasteiger partial charge in [-0.05, 0) is 40.4 Å². The van der Waals surface area contributed by atoms with Gasteiger partial charge in [0.1, 0.15) is 0 Å². The summed E-state index contributed by atoms with van der Waals surface area (Å²) < 4.78 is 0. The average molecular weight is 310 g/mol. The Bertz CT molecular complexity index is 1190. The molecule has 0 radical (unpaired) electrons. The van der Waals surface area contributed by atoms with Crippen LogP contribution in [-0.4, -0.2) is 10.1 Å². The second kappa shape index (κ2) is 4.83. The van der Waals surface area contributed by atoms with E-state index in [9.17, 15) is 5.11 Å². The molecular weight excluding hydrogens is 296 g/mol. The van der Waals surface area contributed by atoms with Crippen molar-refractivity contribution in [3.05, 3.63) is 76.3 Å². The van der Waals surface area contributed by atoms with Crippen molar-refractivity contribution in [2.45, 2.75) is 0 Å². The molecule has 3 heteroatoms. The Hall–Kier alpha value is -3.33. The number of hydrogen-bond donors (Lipinski definition) is 2. The van der Waals surface area contributed by atoms with Crippen molar-refractivity contribution in [2.75, 3.05) is 5.32 Å². The summed E-state index contributed by atoms with van der Waals surface area (Å²) in [5.41, 5.74) is 4.22. The number of aromatic nitrogens is 1. The molecule has 5 rings (SSSR count). The Morgan fingerprint density at radius 1 is 0.875 bits per heavy atom. The highest BCUT2D eigenvalue weighted by atomic mass is 16.3. The van der Waals surface area contributed by atoms with E-state index in [1.165, 1.54) is 10.8 Å². The first-order valence-corrected chi connectivity index (χ1v) is 7.89. The molecular formula is C21H14N2O. The maximum absolute atomic E-state index is 10.3. The third kappa shape index (κ3) is 1.82. The highest BCUT2D eigenvalue weighted by Gasteiger charge is 2.15. The molecule has 0 fully saturated rings. The first kappa shape index (κ1) is 13.1. The average Bonchev–Trinajstić information content (AvgIpc) is 2.85. The summed E-state index contributed by atoms with van der Waals surface area (Å²) in [6.45, 7) is 0. The second-order valence-electron chi connectivity index (χ2n) is 5.97. The van der Waals surface area contributed by atoms with Crippen LogP contribution < -0.4 is 15.8 Å². The van der Waals surface area contributed by atoms with E-state index in [4.69, 9.17) is 0 Å². The van der Waals surface area contributed by atoms with Crippen molar-refractivity contribution in [1.29, 1.82) is 0 Å². The van der Waals surface area contributed by atoms with Gasteiger partial charge in [0.05, 0.1) is 5.39 Å². The first-order valence-electron chi connectivity index (χ1n) is 7.89. The van der Waals surface area contributed by atoms with Crippen LogP contribution in [-0.2, 0) is 0 Å². The fourth-order valence-corrected chi connectivity index (χ4v) is 3.45. The van der Waals surface area contributed by atoms with Gasteiger partial charge in [-0.2, -0.15) is 0 Å². The van der Waals surface area contributed by atoms with Gasteiger partial charge in [0.25, 0.3) is 0 Å². The van der Waals surface area contributed by atoms with E-state index < -0.39 is 0 Å². The lowest BCUT2D eigenvalue weighted by Crippen LogP contribution is -2.31. The van der Waals surface area contributed by atoms with E-state index in [0.717, 1.165) is 32.9 Å². The van der Waals surface area contributed by atoms with Gasteiger partial charge in [-0.15, -0.1) is 0 Å². The number of nitrogens with zero attached hydrogens (tertiary/aromatic N) is 1. The Morgan fingerprint density at radius 2 is 1.79 bits per heavy atom. The molecule has 2 aliphatic rings. The summed E-state index contributed by atoms with van der Waals surface area (Å²) >= 11 is 0. The molecule has 3 nitrogen and oxygen atoms in total. The first-order chi connectivity index (χ1) is 11.8. The van der Waals surface area contributed by atoms with E-state index in [2.05, 4.69) is 40.7 Å². The molecule has 3 aromatic rings. The van der Waals surface area contributed by atoms with Crippen molar-refractivity contribution >= 4 is 40.4 Å². The quantitative estimate of drug-likeness (QED) is 0.524.